The maximum Gasteiger partial charge on any atom is 0.240 e. The number of hydrogen-bond donors (Lipinski definition) is 0. The van der Waals surface area contributed by atoms with Crippen LogP contribution in [0.1, 0.15) is 30.2 Å². The molecule has 1 fully saturated rings. The molecule has 1 aliphatic heterocycles. The van der Waals surface area contributed by atoms with Crippen LogP contribution in [0.2, 0.25) is 0 Å². The minimum Gasteiger partial charge on any atom is -0.378 e. The summed E-state index contributed by atoms with van der Waals surface area (Å²) in [5.41, 5.74) is 3.11. The molecule has 8 heteroatoms. The van der Waals surface area contributed by atoms with Gasteiger partial charge in [-0.1, -0.05) is 60.3 Å². The van der Waals surface area contributed by atoms with E-state index in [1.807, 2.05) is 61.2 Å². The van der Waals surface area contributed by atoms with Crippen molar-refractivity contribution in [3.05, 3.63) is 65.7 Å². The van der Waals surface area contributed by atoms with Crippen LogP contribution < -0.4 is 4.90 Å². The minimum atomic E-state index is -0.407. The molecule has 7 nitrogen and oxygen atoms in total. The van der Waals surface area contributed by atoms with Crippen LogP contribution >= 0.6 is 11.8 Å². The zero-order valence-corrected chi connectivity index (χ0v) is 20.3. The largest absolute Gasteiger partial charge is 0.378 e. The number of carbonyl (C=O) groups is 1. The smallest absolute Gasteiger partial charge is 0.240 e. The van der Waals surface area contributed by atoms with Crippen molar-refractivity contribution >= 4 is 23.6 Å². The lowest BCUT2D eigenvalue weighted by Crippen LogP contribution is -2.38. The summed E-state index contributed by atoms with van der Waals surface area (Å²) < 4.78 is 7.64. The molecular formula is C25H31N5O2S. The first-order chi connectivity index (χ1) is 16.1. The number of rotatable bonds is 8. The van der Waals surface area contributed by atoms with Crippen LogP contribution in [-0.4, -0.2) is 65.0 Å². The lowest BCUT2D eigenvalue weighted by molar-refractivity contribution is -0.130. The number of morpholine rings is 1. The molecule has 0 radical (unpaired) electrons. The van der Waals surface area contributed by atoms with Gasteiger partial charge in [-0.3, -0.25) is 9.36 Å². The second-order valence-corrected chi connectivity index (χ2v) is 9.00. The highest BCUT2D eigenvalue weighted by Gasteiger charge is 2.30. The molecule has 4 rings (SSSR count). The van der Waals surface area contributed by atoms with Crippen molar-refractivity contribution in [3.63, 3.8) is 0 Å². The zero-order chi connectivity index (χ0) is 23.2. The molecule has 1 saturated heterocycles. The molecule has 1 atom stereocenters. The highest BCUT2D eigenvalue weighted by Crippen LogP contribution is 2.39. The monoisotopic (exact) mass is 465 g/mol. The van der Waals surface area contributed by atoms with E-state index >= 15 is 0 Å². The predicted molar refractivity (Wildman–Crippen MR) is 132 cm³/mol. The van der Waals surface area contributed by atoms with Crippen molar-refractivity contribution in [1.82, 2.24) is 19.7 Å². The van der Waals surface area contributed by atoms with E-state index in [-0.39, 0.29) is 5.91 Å². The molecule has 2 heterocycles. The van der Waals surface area contributed by atoms with Crippen LogP contribution in [0.4, 0.5) is 5.95 Å². The third kappa shape index (κ3) is 5.07. The fourth-order valence-electron chi connectivity index (χ4n) is 4.03. The van der Waals surface area contributed by atoms with E-state index in [0.29, 0.717) is 31.5 Å². The second kappa shape index (κ2) is 10.9. The van der Waals surface area contributed by atoms with E-state index in [0.717, 1.165) is 35.9 Å². The topological polar surface area (TPSA) is 63.5 Å². The van der Waals surface area contributed by atoms with Gasteiger partial charge in [0.05, 0.1) is 18.9 Å². The standard InChI is InChI=1S/C25H31N5O2S/c1-4-28(5-2)23(31)22(20-12-7-6-8-13-20)33-25-27-26-24(29-15-17-32-18-16-29)30(25)21-14-10-9-11-19(21)3/h6-14,22H,4-5,15-18H2,1-3H3. The van der Waals surface area contributed by atoms with Crippen LogP contribution in [0.3, 0.4) is 0 Å². The number of ether oxygens (including phenoxy) is 1. The summed E-state index contributed by atoms with van der Waals surface area (Å²) in [6.07, 6.45) is 0. The number of anilines is 1. The van der Waals surface area contributed by atoms with Gasteiger partial charge in [-0.2, -0.15) is 0 Å². The van der Waals surface area contributed by atoms with Gasteiger partial charge in [-0.15, -0.1) is 10.2 Å². The Morgan fingerprint density at radius 3 is 2.36 bits per heavy atom. The Hall–Kier alpha value is -2.84. The number of benzene rings is 2. The van der Waals surface area contributed by atoms with Crippen LogP contribution in [0.25, 0.3) is 5.69 Å². The van der Waals surface area contributed by atoms with Gasteiger partial charge in [0.15, 0.2) is 5.16 Å². The summed E-state index contributed by atoms with van der Waals surface area (Å²) in [6, 6.07) is 18.2. The SMILES string of the molecule is CCN(CC)C(=O)C(Sc1nnc(N2CCOCC2)n1-c1ccccc1C)c1ccccc1. The average Bonchev–Trinajstić information content (AvgIpc) is 3.28. The van der Waals surface area contributed by atoms with Crippen LogP contribution in [-0.2, 0) is 9.53 Å². The average molecular weight is 466 g/mol. The molecule has 1 aromatic heterocycles. The van der Waals surface area contributed by atoms with Crippen molar-refractivity contribution in [3.8, 4) is 5.69 Å². The van der Waals surface area contributed by atoms with Crippen LogP contribution in [0.5, 0.6) is 0 Å². The van der Waals surface area contributed by atoms with Crippen molar-refractivity contribution in [1.29, 1.82) is 0 Å². The molecule has 0 saturated carbocycles. The molecule has 3 aromatic rings. The number of thioether (sulfide) groups is 1. The molecule has 0 bridgehead atoms. The van der Waals surface area contributed by atoms with Gasteiger partial charge in [0, 0.05) is 26.2 Å². The number of carbonyl (C=O) groups excluding carboxylic acids is 1. The summed E-state index contributed by atoms with van der Waals surface area (Å²) in [6.45, 7) is 10.3. The first-order valence-corrected chi connectivity index (χ1v) is 12.4. The van der Waals surface area contributed by atoms with E-state index in [1.165, 1.54) is 11.8 Å². The summed E-state index contributed by atoms with van der Waals surface area (Å²) in [5, 5.41) is 9.48. The molecule has 0 N–H and O–H groups in total. The molecule has 1 unspecified atom stereocenters. The van der Waals surface area contributed by atoms with Gasteiger partial charge in [0.2, 0.25) is 11.9 Å². The van der Waals surface area contributed by atoms with Gasteiger partial charge in [0.1, 0.15) is 5.25 Å². The maximum atomic E-state index is 13.6. The quantitative estimate of drug-likeness (QED) is 0.467. The van der Waals surface area contributed by atoms with Crippen molar-refractivity contribution < 1.29 is 9.53 Å². The zero-order valence-electron chi connectivity index (χ0n) is 19.5. The van der Waals surface area contributed by atoms with E-state index in [9.17, 15) is 4.79 Å². The van der Waals surface area contributed by atoms with Gasteiger partial charge < -0.3 is 14.5 Å². The maximum absolute atomic E-state index is 13.6. The Labute approximate surface area is 199 Å². The van der Waals surface area contributed by atoms with Gasteiger partial charge in [0.25, 0.3) is 0 Å². The first-order valence-electron chi connectivity index (χ1n) is 11.5. The molecule has 0 aliphatic carbocycles. The van der Waals surface area contributed by atoms with Crippen molar-refractivity contribution in [2.75, 3.05) is 44.3 Å². The Morgan fingerprint density at radius 2 is 1.70 bits per heavy atom. The van der Waals surface area contributed by atoms with Gasteiger partial charge in [-0.25, -0.2) is 0 Å². The number of nitrogens with zero attached hydrogens (tertiary/aromatic N) is 5. The third-order valence-electron chi connectivity index (χ3n) is 5.89. The number of para-hydroxylation sites is 1. The Kier molecular flexibility index (Phi) is 7.67. The lowest BCUT2D eigenvalue weighted by atomic mass is 10.1. The number of aromatic nitrogens is 3. The predicted octanol–water partition coefficient (Wildman–Crippen LogP) is 4.11. The fraction of sp³-hybridized carbons (Fsp3) is 0.400. The van der Waals surface area contributed by atoms with E-state index in [1.54, 1.807) is 0 Å². The van der Waals surface area contributed by atoms with Crippen LogP contribution in [0.15, 0.2) is 59.8 Å². The van der Waals surface area contributed by atoms with Gasteiger partial charge >= 0.3 is 0 Å². The Balaban J connectivity index is 1.78. The molecule has 2 aromatic carbocycles. The molecule has 174 valence electrons. The van der Waals surface area contributed by atoms with E-state index in [2.05, 4.69) is 38.7 Å². The summed E-state index contributed by atoms with van der Waals surface area (Å²) in [4.78, 5) is 17.6. The van der Waals surface area contributed by atoms with Crippen molar-refractivity contribution in [2.24, 2.45) is 0 Å². The number of aryl methyl sites for hydroxylation is 1. The van der Waals surface area contributed by atoms with Crippen molar-refractivity contribution in [2.45, 2.75) is 31.2 Å². The molecule has 1 aliphatic rings. The second-order valence-electron chi connectivity index (χ2n) is 7.92. The minimum absolute atomic E-state index is 0.0865. The normalized spacial score (nSPS) is 14.8. The lowest BCUT2D eigenvalue weighted by Gasteiger charge is -2.28. The molecular weight excluding hydrogens is 434 g/mol. The molecule has 0 spiro atoms. The van der Waals surface area contributed by atoms with Gasteiger partial charge in [-0.05, 0) is 38.0 Å². The highest BCUT2D eigenvalue weighted by atomic mass is 32.2. The van der Waals surface area contributed by atoms with E-state index < -0.39 is 5.25 Å². The third-order valence-corrected chi connectivity index (χ3v) is 7.08. The van der Waals surface area contributed by atoms with Crippen LogP contribution in [0, 0.1) is 6.92 Å². The number of amides is 1. The number of hydrogen-bond acceptors (Lipinski definition) is 6. The first kappa shape index (κ1) is 23.3. The summed E-state index contributed by atoms with van der Waals surface area (Å²) in [5.74, 6) is 0.876. The number of likely N-dealkylation sites (N-methyl/N-ethyl adjacent to an activating group) is 1. The summed E-state index contributed by atoms with van der Waals surface area (Å²) >= 11 is 1.46. The Morgan fingerprint density at radius 1 is 1.03 bits per heavy atom. The molecule has 33 heavy (non-hydrogen) atoms. The fourth-order valence-corrected chi connectivity index (χ4v) is 5.15. The summed E-state index contributed by atoms with van der Waals surface area (Å²) in [7, 11) is 0. The highest BCUT2D eigenvalue weighted by molar-refractivity contribution is 8.00. The van der Waals surface area contributed by atoms with E-state index in [4.69, 9.17) is 4.74 Å². The molecule has 1 amide bonds. The Bertz CT molecular complexity index is 1060.